The van der Waals surface area contributed by atoms with E-state index in [0.717, 1.165) is 19.4 Å². The second-order valence-electron chi connectivity index (χ2n) is 5.49. The van der Waals surface area contributed by atoms with Gasteiger partial charge in [0.2, 0.25) is 5.91 Å². The summed E-state index contributed by atoms with van der Waals surface area (Å²) in [5.41, 5.74) is 0.649. The van der Waals surface area contributed by atoms with Gasteiger partial charge in [0, 0.05) is 25.5 Å². The molecule has 1 heterocycles. The molecular formula is C16H20FNO4. The van der Waals surface area contributed by atoms with Crippen LogP contribution in [0.5, 0.6) is 0 Å². The van der Waals surface area contributed by atoms with Gasteiger partial charge < -0.3 is 15.2 Å². The van der Waals surface area contributed by atoms with Gasteiger partial charge in [-0.3, -0.25) is 9.59 Å². The highest BCUT2D eigenvalue weighted by Crippen LogP contribution is 2.24. The molecule has 1 amide bonds. The maximum Gasteiger partial charge on any atom is 0.303 e. The lowest BCUT2D eigenvalue weighted by atomic mass is 9.92. The molecule has 2 atom stereocenters. The molecule has 0 spiro atoms. The summed E-state index contributed by atoms with van der Waals surface area (Å²) in [6.45, 7) is 1.17. The second kappa shape index (κ2) is 7.89. The van der Waals surface area contributed by atoms with Crippen LogP contribution < -0.4 is 5.32 Å². The number of nitrogens with one attached hydrogen (secondary N) is 1. The monoisotopic (exact) mass is 309 g/mol. The minimum atomic E-state index is -0.985. The molecule has 0 aliphatic carbocycles. The zero-order chi connectivity index (χ0) is 15.9. The average molecular weight is 309 g/mol. The number of halogens is 1. The van der Waals surface area contributed by atoms with E-state index < -0.39 is 11.9 Å². The van der Waals surface area contributed by atoms with Gasteiger partial charge in [0.1, 0.15) is 5.82 Å². The maximum absolute atomic E-state index is 13.0. The number of carboxylic acid groups (broad SMARTS) is 1. The Balaban J connectivity index is 1.91. The van der Waals surface area contributed by atoms with Gasteiger partial charge in [-0.15, -0.1) is 0 Å². The zero-order valence-electron chi connectivity index (χ0n) is 12.3. The first-order chi connectivity index (χ1) is 10.5. The number of ether oxygens (including phenoxy) is 1. The Hall–Kier alpha value is -1.95. The van der Waals surface area contributed by atoms with Crippen molar-refractivity contribution in [3.63, 3.8) is 0 Å². The normalized spacial score (nSPS) is 18.9. The van der Waals surface area contributed by atoms with Crippen LogP contribution >= 0.6 is 0 Å². The third-order valence-corrected chi connectivity index (χ3v) is 3.75. The first-order valence-corrected chi connectivity index (χ1v) is 7.40. The summed E-state index contributed by atoms with van der Waals surface area (Å²) in [6.07, 6.45) is 1.87. The summed E-state index contributed by atoms with van der Waals surface area (Å²) >= 11 is 0. The van der Waals surface area contributed by atoms with E-state index in [1.165, 1.54) is 24.3 Å². The van der Waals surface area contributed by atoms with Gasteiger partial charge in [-0.05, 0) is 30.5 Å². The molecule has 0 radical (unpaired) electrons. The van der Waals surface area contributed by atoms with Crippen LogP contribution in [-0.4, -0.2) is 36.2 Å². The molecule has 1 aromatic rings. The molecule has 0 unspecified atom stereocenters. The summed E-state index contributed by atoms with van der Waals surface area (Å²) in [7, 11) is 0. The minimum Gasteiger partial charge on any atom is -0.481 e. The largest absolute Gasteiger partial charge is 0.481 e. The lowest BCUT2D eigenvalue weighted by Gasteiger charge is -2.16. The van der Waals surface area contributed by atoms with E-state index in [4.69, 9.17) is 9.84 Å². The van der Waals surface area contributed by atoms with Crippen molar-refractivity contribution >= 4 is 11.9 Å². The molecule has 0 aromatic heterocycles. The summed E-state index contributed by atoms with van der Waals surface area (Å²) in [5.74, 6) is -2.06. The van der Waals surface area contributed by atoms with Crippen LogP contribution in [0.15, 0.2) is 24.3 Å². The van der Waals surface area contributed by atoms with Crippen LogP contribution in [0, 0.1) is 5.82 Å². The number of carboxylic acids is 1. The molecule has 2 N–H and O–H groups in total. The van der Waals surface area contributed by atoms with Crippen LogP contribution in [0.2, 0.25) is 0 Å². The SMILES string of the molecule is O=C(O)C[C@H](CC(=O)NC[C@H]1CCCO1)c1ccc(F)cc1. The molecule has 1 fully saturated rings. The van der Waals surface area contributed by atoms with Crippen molar-refractivity contribution in [1.82, 2.24) is 5.32 Å². The smallest absolute Gasteiger partial charge is 0.303 e. The van der Waals surface area contributed by atoms with E-state index in [0.29, 0.717) is 12.1 Å². The molecule has 1 aliphatic rings. The van der Waals surface area contributed by atoms with Crippen molar-refractivity contribution in [2.75, 3.05) is 13.2 Å². The Kier molecular flexibility index (Phi) is 5.89. The van der Waals surface area contributed by atoms with Crippen LogP contribution in [-0.2, 0) is 14.3 Å². The van der Waals surface area contributed by atoms with Crippen molar-refractivity contribution in [2.45, 2.75) is 37.7 Å². The first kappa shape index (κ1) is 16.4. The average Bonchev–Trinajstić information content (AvgIpc) is 2.98. The Labute approximate surface area is 128 Å². The molecule has 1 saturated heterocycles. The highest BCUT2D eigenvalue weighted by Gasteiger charge is 2.21. The molecule has 0 saturated carbocycles. The highest BCUT2D eigenvalue weighted by atomic mass is 19.1. The fourth-order valence-corrected chi connectivity index (χ4v) is 2.58. The molecule has 22 heavy (non-hydrogen) atoms. The number of hydrogen-bond acceptors (Lipinski definition) is 3. The summed E-state index contributed by atoms with van der Waals surface area (Å²) in [6, 6.07) is 5.59. The molecule has 1 aromatic carbocycles. The minimum absolute atomic E-state index is 0.0488. The predicted molar refractivity (Wildman–Crippen MR) is 78.0 cm³/mol. The number of aliphatic carboxylic acids is 1. The van der Waals surface area contributed by atoms with E-state index in [9.17, 15) is 14.0 Å². The number of amides is 1. The van der Waals surface area contributed by atoms with E-state index in [1.54, 1.807) is 0 Å². The molecule has 6 heteroatoms. The molecule has 0 bridgehead atoms. The molecule has 5 nitrogen and oxygen atoms in total. The summed E-state index contributed by atoms with van der Waals surface area (Å²) in [4.78, 5) is 23.0. The van der Waals surface area contributed by atoms with E-state index >= 15 is 0 Å². The van der Waals surface area contributed by atoms with Crippen LogP contribution in [0.3, 0.4) is 0 Å². The van der Waals surface area contributed by atoms with E-state index in [2.05, 4.69) is 5.32 Å². The van der Waals surface area contributed by atoms with Crippen molar-refractivity contribution < 1.29 is 23.8 Å². The number of rotatable bonds is 7. The molecule has 2 rings (SSSR count). The van der Waals surface area contributed by atoms with Crippen molar-refractivity contribution in [3.05, 3.63) is 35.6 Å². The topological polar surface area (TPSA) is 75.6 Å². The zero-order valence-corrected chi connectivity index (χ0v) is 12.3. The Morgan fingerprint density at radius 2 is 2.05 bits per heavy atom. The van der Waals surface area contributed by atoms with E-state index in [-0.39, 0.29) is 30.7 Å². The van der Waals surface area contributed by atoms with Gasteiger partial charge in [-0.1, -0.05) is 12.1 Å². The molecule has 1 aliphatic heterocycles. The lowest BCUT2D eigenvalue weighted by Crippen LogP contribution is -2.32. The summed E-state index contributed by atoms with van der Waals surface area (Å²) < 4.78 is 18.4. The number of benzene rings is 1. The number of carbonyl (C=O) groups excluding carboxylic acids is 1. The van der Waals surface area contributed by atoms with Gasteiger partial charge in [0.15, 0.2) is 0 Å². The first-order valence-electron chi connectivity index (χ1n) is 7.40. The standard InChI is InChI=1S/C16H20FNO4/c17-13-5-3-11(4-6-13)12(9-16(20)21)8-15(19)18-10-14-2-1-7-22-14/h3-6,12,14H,1-2,7-10H2,(H,18,19)(H,20,21)/t12-,14+/m0/s1. The molecule has 120 valence electrons. The van der Waals surface area contributed by atoms with Crippen molar-refractivity contribution in [2.24, 2.45) is 0 Å². The van der Waals surface area contributed by atoms with Crippen LogP contribution in [0.4, 0.5) is 4.39 Å². The fourth-order valence-electron chi connectivity index (χ4n) is 2.58. The van der Waals surface area contributed by atoms with Gasteiger partial charge in [0.25, 0.3) is 0 Å². The Morgan fingerprint density at radius 3 is 2.64 bits per heavy atom. The Morgan fingerprint density at radius 1 is 1.32 bits per heavy atom. The van der Waals surface area contributed by atoms with Crippen molar-refractivity contribution in [3.8, 4) is 0 Å². The third-order valence-electron chi connectivity index (χ3n) is 3.75. The third kappa shape index (κ3) is 5.11. The predicted octanol–water partition coefficient (Wildman–Crippen LogP) is 2.07. The summed E-state index contributed by atoms with van der Waals surface area (Å²) in [5, 5.41) is 11.8. The maximum atomic E-state index is 13.0. The molecular weight excluding hydrogens is 289 g/mol. The second-order valence-corrected chi connectivity index (χ2v) is 5.49. The number of hydrogen-bond donors (Lipinski definition) is 2. The van der Waals surface area contributed by atoms with Gasteiger partial charge >= 0.3 is 5.97 Å². The van der Waals surface area contributed by atoms with Crippen molar-refractivity contribution in [1.29, 1.82) is 0 Å². The lowest BCUT2D eigenvalue weighted by molar-refractivity contribution is -0.137. The van der Waals surface area contributed by atoms with E-state index in [1.807, 2.05) is 0 Å². The Bertz CT molecular complexity index is 511. The quantitative estimate of drug-likeness (QED) is 0.808. The number of carbonyl (C=O) groups is 2. The van der Waals surface area contributed by atoms with Gasteiger partial charge in [-0.2, -0.15) is 0 Å². The van der Waals surface area contributed by atoms with Crippen LogP contribution in [0.25, 0.3) is 0 Å². The van der Waals surface area contributed by atoms with Gasteiger partial charge in [0.05, 0.1) is 12.5 Å². The fraction of sp³-hybridized carbons (Fsp3) is 0.500. The van der Waals surface area contributed by atoms with Gasteiger partial charge in [-0.25, -0.2) is 4.39 Å². The highest BCUT2D eigenvalue weighted by molar-refractivity contribution is 5.78. The van der Waals surface area contributed by atoms with Crippen LogP contribution in [0.1, 0.15) is 37.2 Å².